The van der Waals surface area contributed by atoms with Gasteiger partial charge in [0.15, 0.2) is 0 Å². The number of rotatable bonds is 6. The lowest BCUT2D eigenvalue weighted by atomic mass is 10.1. The van der Waals surface area contributed by atoms with Crippen LogP contribution in [0.2, 0.25) is 0 Å². The highest BCUT2D eigenvalue weighted by Gasteiger charge is 2.09. The number of aromatic nitrogens is 1. The minimum Gasteiger partial charge on any atom is -0.354 e. The van der Waals surface area contributed by atoms with Gasteiger partial charge >= 0.3 is 0 Å². The Bertz CT molecular complexity index is 519. The van der Waals surface area contributed by atoms with Crippen LogP contribution in [0.3, 0.4) is 0 Å². The molecule has 0 bridgehead atoms. The molecule has 0 fully saturated rings. The van der Waals surface area contributed by atoms with Gasteiger partial charge in [-0.25, -0.2) is 4.39 Å². The molecule has 0 aliphatic rings. The van der Waals surface area contributed by atoms with Crippen LogP contribution in [0.15, 0.2) is 42.7 Å². The van der Waals surface area contributed by atoms with Gasteiger partial charge in [-0.05, 0) is 31.0 Å². The van der Waals surface area contributed by atoms with Crippen LogP contribution >= 0.6 is 0 Å². The molecule has 19 heavy (non-hydrogen) atoms. The average molecular weight is 260 g/mol. The van der Waals surface area contributed by atoms with Crippen molar-refractivity contribution in [1.82, 2.24) is 9.88 Å². The first-order valence-electron chi connectivity index (χ1n) is 6.83. The molecular weight excluding hydrogens is 239 g/mol. The van der Waals surface area contributed by atoms with E-state index in [9.17, 15) is 4.39 Å². The van der Waals surface area contributed by atoms with Gasteiger partial charge in [0.05, 0.1) is 0 Å². The fourth-order valence-corrected chi connectivity index (χ4v) is 2.20. The second-order valence-corrected chi connectivity index (χ2v) is 4.88. The smallest absolute Gasteiger partial charge is 0.127 e. The molecule has 2 nitrogen and oxygen atoms in total. The summed E-state index contributed by atoms with van der Waals surface area (Å²) in [5, 5.41) is 3.36. The van der Waals surface area contributed by atoms with Gasteiger partial charge in [0, 0.05) is 37.1 Å². The summed E-state index contributed by atoms with van der Waals surface area (Å²) in [6.07, 6.45) is 5.37. The van der Waals surface area contributed by atoms with Crippen molar-refractivity contribution in [2.45, 2.75) is 39.4 Å². The zero-order valence-corrected chi connectivity index (χ0v) is 11.6. The van der Waals surface area contributed by atoms with Crippen LogP contribution in [-0.2, 0) is 13.1 Å². The van der Waals surface area contributed by atoms with Crippen molar-refractivity contribution in [2.24, 2.45) is 0 Å². The molecule has 0 saturated carbocycles. The number of benzene rings is 1. The molecule has 102 valence electrons. The Labute approximate surface area is 114 Å². The first-order valence-corrected chi connectivity index (χ1v) is 6.83. The van der Waals surface area contributed by atoms with Gasteiger partial charge in [0.1, 0.15) is 5.82 Å². The summed E-state index contributed by atoms with van der Waals surface area (Å²) >= 11 is 0. The molecule has 1 aromatic heterocycles. The van der Waals surface area contributed by atoms with E-state index in [0.717, 1.165) is 25.1 Å². The Balaban J connectivity index is 1.92. The van der Waals surface area contributed by atoms with Gasteiger partial charge in [-0.2, -0.15) is 0 Å². The minimum atomic E-state index is -0.147. The third-order valence-electron chi connectivity index (χ3n) is 3.28. The van der Waals surface area contributed by atoms with Crippen LogP contribution in [0.1, 0.15) is 37.4 Å². The summed E-state index contributed by atoms with van der Waals surface area (Å²) in [7, 11) is 0. The molecule has 1 aromatic carbocycles. The predicted molar refractivity (Wildman–Crippen MR) is 76.4 cm³/mol. The summed E-state index contributed by atoms with van der Waals surface area (Å²) in [4.78, 5) is 0. The summed E-state index contributed by atoms with van der Waals surface area (Å²) in [5.41, 5.74) is 1.95. The standard InChI is InChI=1S/C16H21FN2/c1-3-9-19-10-8-14(12-19)11-18-13(2)15-6-4-5-7-16(15)17/h4-8,10,12-13,18H,3,9,11H2,1-2H3/t13-/m1/s1. The fourth-order valence-electron chi connectivity index (χ4n) is 2.20. The van der Waals surface area contributed by atoms with Crippen LogP contribution in [0.25, 0.3) is 0 Å². The number of nitrogens with one attached hydrogen (secondary N) is 1. The second kappa shape index (κ2) is 6.53. The molecule has 0 aliphatic carbocycles. The van der Waals surface area contributed by atoms with Crippen LogP contribution in [0.4, 0.5) is 4.39 Å². The maximum absolute atomic E-state index is 13.6. The summed E-state index contributed by atoms with van der Waals surface area (Å²) in [6, 6.07) is 9.04. The van der Waals surface area contributed by atoms with Gasteiger partial charge in [-0.3, -0.25) is 0 Å². The van der Waals surface area contributed by atoms with Crippen molar-refractivity contribution in [1.29, 1.82) is 0 Å². The molecule has 1 atom stereocenters. The van der Waals surface area contributed by atoms with E-state index in [2.05, 4.69) is 35.3 Å². The van der Waals surface area contributed by atoms with Gasteiger partial charge in [-0.1, -0.05) is 25.1 Å². The Morgan fingerprint density at radius 1 is 1.26 bits per heavy atom. The third kappa shape index (κ3) is 3.67. The molecule has 1 N–H and O–H groups in total. The van der Waals surface area contributed by atoms with Crippen molar-refractivity contribution in [2.75, 3.05) is 0 Å². The van der Waals surface area contributed by atoms with E-state index in [1.165, 1.54) is 11.6 Å². The first kappa shape index (κ1) is 13.8. The molecule has 0 spiro atoms. The number of hydrogen-bond donors (Lipinski definition) is 1. The van der Waals surface area contributed by atoms with Gasteiger partial charge < -0.3 is 9.88 Å². The summed E-state index contributed by atoms with van der Waals surface area (Å²) < 4.78 is 15.8. The van der Waals surface area contributed by atoms with E-state index in [4.69, 9.17) is 0 Å². The van der Waals surface area contributed by atoms with Gasteiger partial charge in [0.25, 0.3) is 0 Å². The van der Waals surface area contributed by atoms with E-state index >= 15 is 0 Å². The Hall–Kier alpha value is -1.61. The first-order chi connectivity index (χ1) is 9.20. The SMILES string of the molecule is CCCn1ccc(CN[C@H](C)c2ccccc2F)c1. The van der Waals surface area contributed by atoms with E-state index in [1.54, 1.807) is 6.07 Å². The predicted octanol–water partition coefficient (Wildman–Crippen LogP) is 3.89. The monoisotopic (exact) mass is 260 g/mol. The molecular formula is C16H21FN2. The van der Waals surface area contributed by atoms with Crippen LogP contribution < -0.4 is 5.32 Å². The topological polar surface area (TPSA) is 17.0 Å². The third-order valence-corrected chi connectivity index (χ3v) is 3.28. The lowest BCUT2D eigenvalue weighted by Gasteiger charge is -2.14. The average Bonchev–Trinajstić information content (AvgIpc) is 2.85. The quantitative estimate of drug-likeness (QED) is 0.834. The van der Waals surface area contributed by atoms with Crippen LogP contribution in [0, 0.1) is 5.82 Å². The molecule has 0 amide bonds. The fraction of sp³-hybridized carbons (Fsp3) is 0.375. The Kier molecular flexibility index (Phi) is 4.74. The maximum atomic E-state index is 13.6. The number of aryl methyl sites for hydroxylation is 1. The zero-order chi connectivity index (χ0) is 13.7. The molecule has 2 aromatic rings. The highest BCUT2D eigenvalue weighted by Crippen LogP contribution is 2.16. The second-order valence-electron chi connectivity index (χ2n) is 4.88. The van der Waals surface area contributed by atoms with Crippen molar-refractivity contribution in [3.8, 4) is 0 Å². The largest absolute Gasteiger partial charge is 0.354 e. The molecule has 2 rings (SSSR count). The van der Waals surface area contributed by atoms with E-state index in [-0.39, 0.29) is 11.9 Å². The summed E-state index contributed by atoms with van der Waals surface area (Å²) in [6.45, 7) is 5.95. The molecule has 0 unspecified atom stereocenters. The van der Waals surface area contributed by atoms with Gasteiger partial charge in [-0.15, -0.1) is 0 Å². The van der Waals surface area contributed by atoms with E-state index in [1.807, 2.05) is 19.1 Å². The lowest BCUT2D eigenvalue weighted by molar-refractivity contribution is 0.528. The van der Waals surface area contributed by atoms with E-state index < -0.39 is 0 Å². The number of halogens is 1. The Morgan fingerprint density at radius 2 is 2.05 bits per heavy atom. The highest BCUT2D eigenvalue weighted by atomic mass is 19.1. The maximum Gasteiger partial charge on any atom is 0.127 e. The highest BCUT2D eigenvalue weighted by molar-refractivity contribution is 5.21. The van der Waals surface area contributed by atoms with Crippen molar-refractivity contribution in [3.63, 3.8) is 0 Å². The number of nitrogens with zero attached hydrogens (tertiary/aromatic N) is 1. The van der Waals surface area contributed by atoms with Crippen LogP contribution in [-0.4, -0.2) is 4.57 Å². The Morgan fingerprint density at radius 3 is 2.79 bits per heavy atom. The van der Waals surface area contributed by atoms with Crippen molar-refractivity contribution in [3.05, 3.63) is 59.7 Å². The minimum absolute atomic E-state index is 0.00993. The number of hydrogen-bond acceptors (Lipinski definition) is 1. The molecule has 1 heterocycles. The zero-order valence-electron chi connectivity index (χ0n) is 11.6. The lowest BCUT2D eigenvalue weighted by Crippen LogP contribution is -2.18. The molecule has 0 aliphatic heterocycles. The summed E-state index contributed by atoms with van der Waals surface area (Å²) in [5.74, 6) is -0.147. The normalized spacial score (nSPS) is 12.6. The van der Waals surface area contributed by atoms with Crippen LogP contribution in [0.5, 0.6) is 0 Å². The van der Waals surface area contributed by atoms with Crippen molar-refractivity contribution >= 4 is 0 Å². The molecule has 3 heteroatoms. The van der Waals surface area contributed by atoms with Crippen molar-refractivity contribution < 1.29 is 4.39 Å². The molecule has 0 saturated heterocycles. The van der Waals surface area contributed by atoms with Gasteiger partial charge in [0.2, 0.25) is 0 Å². The molecule has 0 radical (unpaired) electrons. The van der Waals surface area contributed by atoms with E-state index in [0.29, 0.717) is 0 Å².